The summed E-state index contributed by atoms with van der Waals surface area (Å²) in [6.45, 7) is 6.07. The van der Waals surface area contributed by atoms with Crippen molar-refractivity contribution in [3.63, 3.8) is 0 Å². The van der Waals surface area contributed by atoms with Gasteiger partial charge in [0.15, 0.2) is 0 Å². The van der Waals surface area contributed by atoms with Crippen molar-refractivity contribution in [2.75, 3.05) is 31.5 Å². The van der Waals surface area contributed by atoms with Gasteiger partial charge in [-0.3, -0.25) is 9.69 Å². The number of carbonyl (C=O) groups is 1. The summed E-state index contributed by atoms with van der Waals surface area (Å²) in [7, 11) is -3.49. The molecule has 1 saturated carbocycles. The Morgan fingerprint density at radius 1 is 1.04 bits per heavy atom. The lowest BCUT2D eigenvalue weighted by molar-refractivity contribution is -0.111. The van der Waals surface area contributed by atoms with E-state index in [2.05, 4.69) is 16.8 Å². The number of benzene rings is 1. The van der Waals surface area contributed by atoms with Crippen LogP contribution in [0.5, 0.6) is 0 Å². The van der Waals surface area contributed by atoms with Crippen molar-refractivity contribution in [2.45, 2.75) is 43.0 Å². The molecule has 1 N–H and O–H groups in total. The number of sulfonamides is 1. The van der Waals surface area contributed by atoms with E-state index >= 15 is 0 Å². The van der Waals surface area contributed by atoms with E-state index in [0.29, 0.717) is 24.8 Å². The maximum absolute atomic E-state index is 12.9. The third kappa shape index (κ3) is 4.34. The van der Waals surface area contributed by atoms with Crippen molar-refractivity contribution < 1.29 is 13.2 Å². The number of hydrogen-bond acceptors (Lipinski definition) is 4. The molecule has 0 aromatic heterocycles. The summed E-state index contributed by atoms with van der Waals surface area (Å²) in [4.78, 5) is 14.0. The molecule has 1 aromatic carbocycles. The van der Waals surface area contributed by atoms with Gasteiger partial charge in [-0.25, -0.2) is 8.42 Å². The highest BCUT2D eigenvalue weighted by Crippen LogP contribution is 2.25. The SMILES string of the molecule is C=CC(=O)Nc1ccc(S(=O)(=O)N2CCN(C3CCCCC3)CC2)cc1. The number of nitrogens with zero attached hydrogens (tertiary/aromatic N) is 2. The monoisotopic (exact) mass is 377 g/mol. The van der Waals surface area contributed by atoms with Gasteiger partial charge in [-0.05, 0) is 43.2 Å². The zero-order chi connectivity index (χ0) is 18.6. The second-order valence-corrected chi connectivity index (χ2v) is 8.89. The normalized spacial score (nSPS) is 20.6. The van der Waals surface area contributed by atoms with Crippen LogP contribution in [0.2, 0.25) is 0 Å². The molecule has 1 aliphatic heterocycles. The molecule has 6 nitrogen and oxygen atoms in total. The fraction of sp³-hybridized carbons (Fsp3) is 0.526. The summed E-state index contributed by atoms with van der Waals surface area (Å²) in [6.07, 6.45) is 7.57. The molecule has 2 aliphatic rings. The Balaban J connectivity index is 1.61. The number of nitrogens with one attached hydrogen (secondary N) is 1. The third-order valence-electron chi connectivity index (χ3n) is 5.31. The molecule has 1 amide bonds. The van der Waals surface area contributed by atoms with E-state index in [1.165, 1.54) is 38.2 Å². The van der Waals surface area contributed by atoms with Crippen LogP contribution in [0.25, 0.3) is 0 Å². The average Bonchev–Trinajstić information content (AvgIpc) is 2.69. The molecule has 142 valence electrons. The molecular weight excluding hydrogens is 350 g/mol. The van der Waals surface area contributed by atoms with Gasteiger partial charge in [0.1, 0.15) is 0 Å². The summed E-state index contributed by atoms with van der Waals surface area (Å²) in [6, 6.07) is 6.92. The molecular formula is C19H27N3O3S. The van der Waals surface area contributed by atoms with E-state index in [1.807, 2.05) is 0 Å². The lowest BCUT2D eigenvalue weighted by Gasteiger charge is -2.40. The fourth-order valence-electron chi connectivity index (χ4n) is 3.81. The van der Waals surface area contributed by atoms with E-state index in [-0.39, 0.29) is 10.8 Å². The smallest absolute Gasteiger partial charge is 0.247 e. The van der Waals surface area contributed by atoms with E-state index in [4.69, 9.17) is 0 Å². The van der Waals surface area contributed by atoms with Crippen molar-refractivity contribution in [2.24, 2.45) is 0 Å². The van der Waals surface area contributed by atoms with Crippen LogP contribution in [-0.2, 0) is 14.8 Å². The zero-order valence-corrected chi connectivity index (χ0v) is 15.9. The molecule has 2 fully saturated rings. The van der Waals surface area contributed by atoms with E-state index < -0.39 is 10.0 Å². The molecule has 26 heavy (non-hydrogen) atoms. The van der Waals surface area contributed by atoms with Gasteiger partial charge in [0.25, 0.3) is 0 Å². The minimum atomic E-state index is -3.49. The van der Waals surface area contributed by atoms with Crippen LogP contribution >= 0.6 is 0 Å². The second kappa shape index (κ2) is 8.33. The van der Waals surface area contributed by atoms with Crippen LogP contribution in [0, 0.1) is 0 Å². The Kier molecular flexibility index (Phi) is 6.11. The van der Waals surface area contributed by atoms with Gasteiger partial charge in [0, 0.05) is 37.9 Å². The Morgan fingerprint density at radius 3 is 2.23 bits per heavy atom. The van der Waals surface area contributed by atoms with Crippen molar-refractivity contribution in [1.82, 2.24) is 9.21 Å². The minimum absolute atomic E-state index is 0.264. The van der Waals surface area contributed by atoms with Gasteiger partial charge in [-0.2, -0.15) is 4.31 Å². The fourth-order valence-corrected chi connectivity index (χ4v) is 5.23. The second-order valence-electron chi connectivity index (χ2n) is 6.95. The predicted molar refractivity (Wildman–Crippen MR) is 102 cm³/mol. The largest absolute Gasteiger partial charge is 0.323 e. The van der Waals surface area contributed by atoms with E-state index in [1.54, 1.807) is 28.6 Å². The first-order chi connectivity index (χ1) is 12.5. The zero-order valence-electron chi connectivity index (χ0n) is 15.1. The van der Waals surface area contributed by atoms with Crippen molar-refractivity contribution in [3.8, 4) is 0 Å². The minimum Gasteiger partial charge on any atom is -0.323 e. The van der Waals surface area contributed by atoms with Crippen LogP contribution < -0.4 is 5.32 Å². The van der Waals surface area contributed by atoms with E-state index in [0.717, 1.165) is 13.1 Å². The van der Waals surface area contributed by atoms with E-state index in [9.17, 15) is 13.2 Å². The maximum atomic E-state index is 12.9. The maximum Gasteiger partial charge on any atom is 0.247 e. The highest BCUT2D eigenvalue weighted by atomic mass is 32.2. The van der Waals surface area contributed by atoms with Gasteiger partial charge in [0.2, 0.25) is 15.9 Å². The topological polar surface area (TPSA) is 69.7 Å². The number of carbonyl (C=O) groups excluding carboxylic acids is 1. The lowest BCUT2D eigenvalue weighted by atomic mass is 9.94. The Bertz CT molecular complexity index is 732. The molecule has 1 aliphatic carbocycles. The van der Waals surface area contributed by atoms with Crippen LogP contribution in [0.1, 0.15) is 32.1 Å². The van der Waals surface area contributed by atoms with Gasteiger partial charge < -0.3 is 5.32 Å². The highest BCUT2D eigenvalue weighted by Gasteiger charge is 2.31. The number of anilines is 1. The van der Waals surface area contributed by atoms with Gasteiger partial charge in [0.05, 0.1) is 4.90 Å². The summed E-state index contributed by atoms with van der Waals surface area (Å²) >= 11 is 0. The number of hydrogen-bond donors (Lipinski definition) is 1. The summed E-state index contributed by atoms with van der Waals surface area (Å²) < 4.78 is 27.3. The molecule has 0 spiro atoms. The van der Waals surface area contributed by atoms with Crippen LogP contribution in [0.15, 0.2) is 41.8 Å². The standard InChI is InChI=1S/C19H27N3O3S/c1-2-19(23)20-16-8-10-18(11-9-16)26(24,25)22-14-12-21(13-15-22)17-6-4-3-5-7-17/h2,8-11,17H,1,3-7,12-15H2,(H,20,23). The molecule has 7 heteroatoms. The van der Waals surface area contributed by atoms with Crippen molar-refractivity contribution in [1.29, 1.82) is 0 Å². The molecule has 0 radical (unpaired) electrons. The summed E-state index contributed by atoms with van der Waals surface area (Å²) in [5.41, 5.74) is 0.552. The van der Waals surface area contributed by atoms with Gasteiger partial charge in [-0.1, -0.05) is 25.8 Å². The van der Waals surface area contributed by atoms with Crippen LogP contribution in [0.4, 0.5) is 5.69 Å². The summed E-state index contributed by atoms with van der Waals surface area (Å²) in [5, 5.41) is 2.62. The molecule has 0 unspecified atom stereocenters. The Morgan fingerprint density at radius 2 is 1.65 bits per heavy atom. The summed E-state index contributed by atoms with van der Waals surface area (Å²) in [5.74, 6) is -0.320. The molecule has 1 saturated heterocycles. The first-order valence-corrected chi connectivity index (χ1v) is 10.7. The van der Waals surface area contributed by atoms with Crippen LogP contribution in [-0.4, -0.2) is 55.8 Å². The number of amides is 1. The van der Waals surface area contributed by atoms with Gasteiger partial charge in [-0.15, -0.1) is 0 Å². The third-order valence-corrected chi connectivity index (χ3v) is 7.22. The van der Waals surface area contributed by atoms with Crippen LogP contribution in [0.3, 0.4) is 0 Å². The first kappa shape index (κ1) is 19.1. The highest BCUT2D eigenvalue weighted by molar-refractivity contribution is 7.89. The average molecular weight is 378 g/mol. The lowest BCUT2D eigenvalue weighted by Crippen LogP contribution is -2.52. The van der Waals surface area contributed by atoms with Crippen molar-refractivity contribution >= 4 is 21.6 Å². The molecule has 1 aromatic rings. The van der Waals surface area contributed by atoms with Gasteiger partial charge >= 0.3 is 0 Å². The molecule has 0 atom stereocenters. The van der Waals surface area contributed by atoms with Crippen molar-refractivity contribution in [3.05, 3.63) is 36.9 Å². The quantitative estimate of drug-likeness (QED) is 0.800. The molecule has 0 bridgehead atoms. The molecule has 1 heterocycles. The molecule has 3 rings (SSSR count). The number of piperazine rings is 1. The Hall–Kier alpha value is -1.70. The first-order valence-electron chi connectivity index (χ1n) is 9.28. The number of rotatable bonds is 5. The predicted octanol–water partition coefficient (Wildman–Crippen LogP) is 2.45. The Labute approximate surface area is 155 Å².